The number of benzene rings is 2. The van der Waals surface area contributed by atoms with Gasteiger partial charge in [0.05, 0.1) is 20.8 Å². The van der Waals surface area contributed by atoms with E-state index in [1.54, 1.807) is 14.2 Å². The van der Waals surface area contributed by atoms with E-state index in [9.17, 15) is 9.90 Å². The summed E-state index contributed by atoms with van der Waals surface area (Å²) in [4.78, 5) is 13.9. The maximum Gasteiger partial charge on any atom is 0.305 e. The van der Waals surface area contributed by atoms with Gasteiger partial charge in [0.25, 0.3) is 0 Å². The first-order valence-electron chi connectivity index (χ1n) is 12.4. The van der Waals surface area contributed by atoms with Crippen LogP contribution in [0.3, 0.4) is 0 Å². The maximum atomic E-state index is 12.2. The second-order valence-electron chi connectivity index (χ2n) is 8.95. The van der Waals surface area contributed by atoms with Crippen molar-refractivity contribution in [3.05, 3.63) is 59.7 Å². The summed E-state index contributed by atoms with van der Waals surface area (Å²) in [5, 5.41) is 12.2. The average Bonchev–Trinajstić information content (AvgIpc) is 2.88. The summed E-state index contributed by atoms with van der Waals surface area (Å²) >= 11 is 0. The molecule has 2 aromatic rings. The second-order valence-corrected chi connectivity index (χ2v) is 8.95. The summed E-state index contributed by atoms with van der Waals surface area (Å²) in [5.41, 5.74) is 0.691. The molecule has 186 valence electrons. The van der Waals surface area contributed by atoms with Crippen molar-refractivity contribution in [3.8, 4) is 11.5 Å². The lowest BCUT2D eigenvalue weighted by Crippen LogP contribution is -2.44. The van der Waals surface area contributed by atoms with Gasteiger partial charge in [-0.1, -0.05) is 30.7 Å². The highest BCUT2D eigenvalue weighted by molar-refractivity contribution is 5.69. The molecule has 0 radical (unpaired) electrons. The molecule has 0 amide bonds. The Hall–Kier alpha value is -2.57. The van der Waals surface area contributed by atoms with Crippen molar-refractivity contribution in [2.45, 2.75) is 51.0 Å². The molecule has 0 unspecified atom stereocenters. The predicted octanol–water partition coefficient (Wildman–Crippen LogP) is 4.78. The number of rotatable bonds is 12. The molecular weight excluding hydrogens is 430 g/mol. The molecule has 0 atom stereocenters. The number of hydrogen-bond donors (Lipinski definition) is 1. The normalized spacial score (nSPS) is 15.2. The zero-order valence-electron chi connectivity index (χ0n) is 20.8. The van der Waals surface area contributed by atoms with Crippen LogP contribution in [0.1, 0.15) is 56.6 Å². The number of hydrogen-bond acceptors (Lipinski definition) is 6. The number of nitrogens with zero attached hydrogens (tertiary/aromatic N) is 1. The van der Waals surface area contributed by atoms with E-state index in [0.717, 1.165) is 74.4 Å². The predicted molar refractivity (Wildman–Crippen MR) is 133 cm³/mol. The van der Waals surface area contributed by atoms with Gasteiger partial charge in [0.15, 0.2) is 0 Å². The van der Waals surface area contributed by atoms with Gasteiger partial charge < -0.3 is 24.2 Å². The van der Waals surface area contributed by atoms with E-state index < -0.39 is 5.60 Å². The SMILES string of the molecule is CCOC(=O)CCCCCN1CCC(C(O)(c2ccc(OC)cc2)c2ccc(OC)cc2)CC1. The molecule has 1 saturated heterocycles. The van der Waals surface area contributed by atoms with Gasteiger partial charge >= 0.3 is 5.97 Å². The highest BCUT2D eigenvalue weighted by Crippen LogP contribution is 2.42. The van der Waals surface area contributed by atoms with E-state index >= 15 is 0 Å². The van der Waals surface area contributed by atoms with Gasteiger partial charge in [0, 0.05) is 6.42 Å². The van der Waals surface area contributed by atoms with E-state index in [1.807, 2.05) is 55.5 Å². The van der Waals surface area contributed by atoms with Crippen LogP contribution in [0.5, 0.6) is 11.5 Å². The third-order valence-electron chi connectivity index (χ3n) is 6.90. The van der Waals surface area contributed by atoms with Gasteiger partial charge in [0.2, 0.25) is 0 Å². The lowest BCUT2D eigenvalue weighted by Gasteiger charge is -2.42. The van der Waals surface area contributed by atoms with Crippen molar-refractivity contribution in [2.24, 2.45) is 5.92 Å². The quantitative estimate of drug-likeness (QED) is 0.357. The molecule has 1 aliphatic rings. The Labute approximate surface area is 203 Å². The van der Waals surface area contributed by atoms with E-state index in [2.05, 4.69) is 4.90 Å². The first-order valence-corrected chi connectivity index (χ1v) is 12.4. The highest BCUT2D eigenvalue weighted by atomic mass is 16.5. The molecule has 1 N–H and O–H groups in total. The van der Waals surface area contributed by atoms with Crippen LogP contribution in [0.4, 0.5) is 0 Å². The van der Waals surface area contributed by atoms with Crippen molar-refractivity contribution >= 4 is 5.97 Å². The minimum Gasteiger partial charge on any atom is -0.497 e. The Morgan fingerprint density at radius 3 is 1.91 bits per heavy atom. The first kappa shape index (κ1) is 26.0. The minimum absolute atomic E-state index is 0.0975. The molecule has 1 fully saturated rings. The Morgan fingerprint density at radius 2 is 1.44 bits per heavy atom. The van der Waals surface area contributed by atoms with Crippen molar-refractivity contribution in [3.63, 3.8) is 0 Å². The van der Waals surface area contributed by atoms with Crippen LogP contribution < -0.4 is 9.47 Å². The number of unbranched alkanes of at least 4 members (excludes halogenated alkanes) is 2. The summed E-state index contributed by atoms with van der Waals surface area (Å²) in [6.07, 6.45) is 5.32. The fraction of sp³-hybridized carbons (Fsp3) is 0.536. The van der Waals surface area contributed by atoms with Gasteiger partial charge in [-0.05, 0) is 93.6 Å². The van der Waals surface area contributed by atoms with Crippen LogP contribution in [0, 0.1) is 5.92 Å². The standard InChI is InChI=1S/C28H39NO5/c1-4-34-27(30)8-6-5-7-19-29-20-17-24(18-21-29)28(31,22-9-13-25(32-2)14-10-22)23-11-15-26(33-3)16-12-23/h9-16,24,31H,4-8,17-21H2,1-3H3. The summed E-state index contributed by atoms with van der Waals surface area (Å²) in [7, 11) is 3.30. The molecule has 1 aliphatic heterocycles. The van der Waals surface area contributed by atoms with Gasteiger partial charge in [0.1, 0.15) is 17.1 Å². The molecule has 0 aliphatic carbocycles. The summed E-state index contributed by atoms with van der Waals surface area (Å²) in [6.45, 7) is 5.23. The Balaban J connectivity index is 1.63. The molecule has 2 aromatic carbocycles. The van der Waals surface area contributed by atoms with E-state index in [4.69, 9.17) is 14.2 Å². The molecular formula is C28H39NO5. The van der Waals surface area contributed by atoms with Crippen molar-refractivity contribution in [1.29, 1.82) is 0 Å². The zero-order valence-corrected chi connectivity index (χ0v) is 20.8. The van der Waals surface area contributed by atoms with Crippen LogP contribution in [0.2, 0.25) is 0 Å². The fourth-order valence-electron chi connectivity index (χ4n) is 4.92. The molecule has 6 heteroatoms. The van der Waals surface area contributed by atoms with Gasteiger partial charge in [-0.3, -0.25) is 4.79 Å². The number of methoxy groups -OCH3 is 2. The van der Waals surface area contributed by atoms with E-state index in [-0.39, 0.29) is 11.9 Å². The van der Waals surface area contributed by atoms with Crippen LogP contribution >= 0.6 is 0 Å². The lowest BCUT2D eigenvalue weighted by molar-refractivity contribution is -0.143. The fourth-order valence-corrected chi connectivity index (χ4v) is 4.92. The molecule has 0 bridgehead atoms. The number of esters is 1. The zero-order chi connectivity index (χ0) is 24.4. The summed E-state index contributed by atoms with van der Waals surface area (Å²) < 4.78 is 15.6. The summed E-state index contributed by atoms with van der Waals surface area (Å²) in [5.74, 6) is 1.56. The number of ether oxygens (including phenoxy) is 3. The van der Waals surface area contributed by atoms with Crippen molar-refractivity contribution in [2.75, 3.05) is 40.5 Å². The molecule has 34 heavy (non-hydrogen) atoms. The minimum atomic E-state index is -1.08. The summed E-state index contributed by atoms with van der Waals surface area (Å²) in [6, 6.07) is 15.5. The highest BCUT2D eigenvalue weighted by Gasteiger charge is 2.41. The van der Waals surface area contributed by atoms with Gasteiger partial charge in [-0.25, -0.2) is 0 Å². The Bertz CT molecular complexity index is 825. The number of carbonyl (C=O) groups is 1. The molecule has 3 rings (SSSR count). The topological polar surface area (TPSA) is 68.2 Å². The lowest BCUT2D eigenvalue weighted by atomic mass is 9.72. The largest absolute Gasteiger partial charge is 0.497 e. The van der Waals surface area contributed by atoms with Crippen LogP contribution in [0.25, 0.3) is 0 Å². The third kappa shape index (κ3) is 6.51. The average molecular weight is 470 g/mol. The maximum absolute atomic E-state index is 12.2. The smallest absolute Gasteiger partial charge is 0.305 e. The second kappa shape index (κ2) is 12.8. The molecule has 0 aromatic heterocycles. The van der Waals surface area contributed by atoms with Crippen molar-refractivity contribution in [1.82, 2.24) is 4.90 Å². The number of piperidine rings is 1. The van der Waals surface area contributed by atoms with E-state index in [0.29, 0.717) is 13.0 Å². The van der Waals surface area contributed by atoms with Gasteiger partial charge in [-0.15, -0.1) is 0 Å². The molecule has 0 saturated carbocycles. The number of carbonyl (C=O) groups excluding carboxylic acids is 1. The Kier molecular flexibility index (Phi) is 9.78. The number of likely N-dealkylation sites (tertiary alicyclic amines) is 1. The van der Waals surface area contributed by atoms with E-state index in [1.165, 1.54) is 0 Å². The van der Waals surface area contributed by atoms with Crippen molar-refractivity contribution < 1.29 is 24.1 Å². The monoisotopic (exact) mass is 469 g/mol. The first-order chi connectivity index (χ1) is 16.5. The third-order valence-corrected chi connectivity index (χ3v) is 6.90. The Morgan fingerprint density at radius 1 is 0.912 bits per heavy atom. The number of aliphatic hydroxyl groups is 1. The van der Waals surface area contributed by atoms with Crippen LogP contribution in [0.15, 0.2) is 48.5 Å². The molecule has 1 heterocycles. The molecule has 6 nitrogen and oxygen atoms in total. The van der Waals surface area contributed by atoms with Crippen LogP contribution in [-0.4, -0.2) is 56.4 Å². The van der Waals surface area contributed by atoms with Gasteiger partial charge in [-0.2, -0.15) is 0 Å². The van der Waals surface area contributed by atoms with Crippen LogP contribution in [-0.2, 0) is 15.1 Å². The molecule has 0 spiro atoms.